The van der Waals surface area contributed by atoms with E-state index in [-0.39, 0.29) is 24.0 Å². The Morgan fingerprint density at radius 1 is 0.831 bits per heavy atom. The SMILES string of the molecule is O=C(/C=C/c1ccc(CN(CCOCCOCCOCCOCCNc2cccc3c2C(=O)N(C2CCC(=O)NC2=O)C3=O)CCc2c[nH]c3ccccc23)cc1)NO. The number of carbonyl (C=O) groups excluding carboxylic acids is 5. The van der Waals surface area contributed by atoms with Gasteiger partial charge in [-0.25, -0.2) is 5.48 Å². The fourth-order valence-electron chi connectivity index (χ4n) is 6.96. The van der Waals surface area contributed by atoms with Crippen LogP contribution in [-0.4, -0.2) is 128 Å². The number of hydrogen-bond acceptors (Lipinski definition) is 12. The third-order valence-corrected chi connectivity index (χ3v) is 9.99. The Morgan fingerprint density at radius 2 is 1.54 bits per heavy atom. The predicted molar refractivity (Wildman–Crippen MR) is 218 cm³/mol. The number of hydroxylamine groups is 1. The minimum absolute atomic E-state index is 0.0602. The molecule has 3 aromatic carbocycles. The van der Waals surface area contributed by atoms with E-state index in [0.29, 0.717) is 65.1 Å². The van der Waals surface area contributed by atoms with Gasteiger partial charge < -0.3 is 29.2 Å². The molecule has 5 amide bonds. The number of rotatable bonds is 24. The second-order valence-corrected chi connectivity index (χ2v) is 14.0. The maximum Gasteiger partial charge on any atom is 0.267 e. The van der Waals surface area contributed by atoms with Gasteiger partial charge in [0.25, 0.3) is 17.7 Å². The van der Waals surface area contributed by atoms with Gasteiger partial charge in [-0.1, -0.05) is 48.5 Å². The van der Waals surface area contributed by atoms with Crippen LogP contribution >= 0.6 is 0 Å². The van der Waals surface area contributed by atoms with Crippen LogP contribution in [0.15, 0.2) is 79.0 Å². The zero-order valence-electron chi connectivity index (χ0n) is 32.8. The minimum atomic E-state index is -1.02. The zero-order chi connectivity index (χ0) is 41.4. The second kappa shape index (κ2) is 21.9. The maximum absolute atomic E-state index is 13.2. The molecule has 1 unspecified atom stereocenters. The van der Waals surface area contributed by atoms with Gasteiger partial charge in [0.15, 0.2) is 0 Å². The number of carbonyl (C=O) groups is 5. The number of anilines is 1. The summed E-state index contributed by atoms with van der Waals surface area (Å²) in [4.78, 5) is 68.1. The molecule has 3 heterocycles. The Hall–Kier alpha value is -5.75. The lowest BCUT2D eigenvalue weighted by Crippen LogP contribution is -2.54. The van der Waals surface area contributed by atoms with Crippen molar-refractivity contribution in [3.8, 4) is 0 Å². The summed E-state index contributed by atoms with van der Waals surface area (Å²) in [6, 6.07) is 20.1. The van der Waals surface area contributed by atoms with Gasteiger partial charge in [-0.05, 0) is 53.8 Å². The highest BCUT2D eigenvalue weighted by molar-refractivity contribution is 6.25. The van der Waals surface area contributed by atoms with Crippen LogP contribution in [0.2, 0.25) is 0 Å². The van der Waals surface area contributed by atoms with E-state index in [1.807, 2.05) is 36.4 Å². The number of ether oxygens (including phenoxy) is 4. The van der Waals surface area contributed by atoms with Gasteiger partial charge in [-0.15, -0.1) is 0 Å². The van der Waals surface area contributed by atoms with Gasteiger partial charge in [0.2, 0.25) is 11.8 Å². The molecular weight excluding hydrogens is 761 g/mol. The highest BCUT2D eigenvalue weighted by atomic mass is 16.6. The standard InChI is InChI=1S/C43H50N6O10/c50-38-15-13-37(41(52)46-38)49-42(53)34-5-3-7-36(40(34)43(49)54)44-17-20-56-22-24-58-26-27-59-25-23-57-21-19-48(18-16-32-28-45-35-6-2-1-4-33(32)35)29-31-10-8-30(9-11-31)12-14-39(51)47-55/h1-12,14,28,37,44-45,55H,13,15-27,29H2,(H,47,51)(H,46,50,52)/b14-12+. The van der Waals surface area contributed by atoms with Crippen molar-refractivity contribution in [2.45, 2.75) is 31.8 Å². The van der Waals surface area contributed by atoms with Crippen LogP contribution in [0.1, 0.15) is 50.2 Å². The first kappa shape index (κ1) is 42.8. The van der Waals surface area contributed by atoms with E-state index in [0.717, 1.165) is 47.6 Å². The zero-order valence-corrected chi connectivity index (χ0v) is 32.8. The van der Waals surface area contributed by atoms with E-state index in [4.69, 9.17) is 24.2 Å². The molecule has 5 N–H and O–H groups in total. The summed E-state index contributed by atoms with van der Waals surface area (Å²) < 4.78 is 22.9. The van der Waals surface area contributed by atoms with E-state index in [9.17, 15) is 24.0 Å². The Bertz CT molecular complexity index is 2100. The molecule has 16 nitrogen and oxygen atoms in total. The summed E-state index contributed by atoms with van der Waals surface area (Å²) in [6.07, 6.45) is 6.02. The van der Waals surface area contributed by atoms with E-state index in [1.165, 1.54) is 17.0 Å². The third kappa shape index (κ3) is 11.9. The van der Waals surface area contributed by atoms with Crippen LogP contribution < -0.4 is 16.1 Å². The molecule has 1 fully saturated rings. The van der Waals surface area contributed by atoms with Gasteiger partial charge in [-0.2, -0.15) is 0 Å². The van der Waals surface area contributed by atoms with Crippen molar-refractivity contribution in [1.82, 2.24) is 25.6 Å². The number of amides is 5. The predicted octanol–water partition coefficient (Wildman–Crippen LogP) is 3.31. The van der Waals surface area contributed by atoms with Crippen molar-refractivity contribution in [3.63, 3.8) is 0 Å². The molecule has 6 rings (SSSR count). The number of aromatic nitrogens is 1. The molecule has 1 atom stereocenters. The van der Waals surface area contributed by atoms with Gasteiger partial charge >= 0.3 is 0 Å². The molecule has 0 bridgehead atoms. The van der Waals surface area contributed by atoms with Crippen molar-refractivity contribution < 1.29 is 48.1 Å². The first-order chi connectivity index (χ1) is 28.8. The molecule has 4 aromatic rings. The first-order valence-electron chi connectivity index (χ1n) is 19.7. The molecule has 0 saturated carbocycles. The first-order valence-corrected chi connectivity index (χ1v) is 19.7. The number of H-pyrrole nitrogens is 1. The smallest absolute Gasteiger partial charge is 0.267 e. The van der Waals surface area contributed by atoms with Gasteiger partial charge in [0.05, 0.1) is 64.0 Å². The number of nitrogens with one attached hydrogen (secondary N) is 4. The Morgan fingerprint density at radius 3 is 2.27 bits per heavy atom. The number of nitrogens with zero attached hydrogens (tertiary/aromatic N) is 2. The maximum atomic E-state index is 13.2. The van der Waals surface area contributed by atoms with E-state index in [1.54, 1.807) is 29.8 Å². The summed E-state index contributed by atoms with van der Waals surface area (Å²) in [7, 11) is 0. The fraction of sp³-hybridized carbons (Fsp3) is 0.372. The molecular formula is C43H50N6O10. The average molecular weight is 811 g/mol. The summed E-state index contributed by atoms with van der Waals surface area (Å²) in [6.45, 7) is 5.99. The lowest BCUT2D eigenvalue weighted by molar-refractivity contribution is -0.136. The van der Waals surface area contributed by atoms with Gasteiger partial charge in [0, 0.05) is 61.5 Å². The lowest BCUT2D eigenvalue weighted by atomic mass is 10.0. The number of fused-ring (bicyclic) bond motifs is 2. The monoisotopic (exact) mass is 810 g/mol. The highest BCUT2D eigenvalue weighted by Gasteiger charge is 2.45. The van der Waals surface area contributed by atoms with Gasteiger partial charge in [0.1, 0.15) is 6.04 Å². The van der Waals surface area contributed by atoms with E-state index in [2.05, 4.69) is 38.8 Å². The van der Waals surface area contributed by atoms with Gasteiger partial charge in [-0.3, -0.25) is 44.3 Å². The summed E-state index contributed by atoms with van der Waals surface area (Å²) in [5, 5.41) is 15.3. The lowest BCUT2D eigenvalue weighted by Gasteiger charge is -2.27. The highest BCUT2D eigenvalue weighted by Crippen LogP contribution is 2.32. The van der Waals surface area contributed by atoms with E-state index < -0.39 is 35.6 Å². The molecule has 59 heavy (non-hydrogen) atoms. The number of hydrogen-bond donors (Lipinski definition) is 5. The van der Waals surface area contributed by atoms with Crippen LogP contribution in [-0.2, 0) is 46.3 Å². The molecule has 312 valence electrons. The van der Waals surface area contributed by atoms with Crippen molar-refractivity contribution in [2.24, 2.45) is 0 Å². The summed E-state index contributed by atoms with van der Waals surface area (Å²) in [5.41, 5.74) is 6.85. The van der Waals surface area contributed by atoms with Crippen molar-refractivity contribution in [2.75, 3.05) is 77.8 Å². The minimum Gasteiger partial charge on any atom is -0.382 e. The number of aromatic amines is 1. The van der Waals surface area contributed by atoms with Crippen LogP contribution in [0.25, 0.3) is 17.0 Å². The molecule has 0 radical (unpaired) electrons. The molecule has 0 spiro atoms. The van der Waals surface area contributed by atoms with Crippen molar-refractivity contribution in [1.29, 1.82) is 0 Å². The number of para-hydroxylation sites is 1. The second-order valence-electron chi connectivity index (χ2n) is 14.0. The van der Waals surface area contributed by atoms with Crippen molar-refractivity contribution in [3.05, 3.63) is 107 Å². The molecule has 2 aliphatic heterocycles. The summed E-state index contributed by atoms with van der Waals surface area (Å²) in [5.74, 6) is -2.77. The van der Waals surface area contributed by atoms with Crippen LogP contribution in [0, 0.1) is 0 Å². The Kier molecular flexibility index (Phi) is 15.9. The topological polar surface area (TPSA) is 201 Å². The fourth-order valence-corrected chi connectivity index (χ4v) is 6.96. The Balaban J connectivity index is 0.826. The number of imide groups is 2. The van der Waals surface area contributed by atoms with Crippen molar-refractivity contribution >= 4 is 52.2 Å². The largest absolute Gasteiger partial charge is 0.382 e. The van der Waals surface area contributed by atoms with Crippen LogP contribution in [0.4, 0.5) is 5.69 Å². The molecule has 0 aliphatic carbocycles. The molecule has 2 aliphatic rings. The van der Waals surface area contributed by atoms with Crippen LogP contribution in [0.3, 0.4) is 0 Å². The number of benzene rings is 3. The molecule has 16 heteroatoms. The van der Waals surface area contributed by atoms with E-state index >= 15 is 0 Å². The third-order valence-electron chi connectivity index (χ3n) is 9.99. The quantitative estimate of drug-likeness (QED) is 0.0228. The summed E-state index contributed by atoms with van der Waals surface area (Å²) >= 11 is 0. The number of piperidine rings is 1. The average Bonchev–Trinajstić information content (AvgIpc) is 3.78. The molecule has 1 aromatic heterocycles. The molecule has 1 saturated heterocycles. The van der Waals surface area contributed by atoms with Crippen LogP contribution in [0.5, 0.6) is 0 Å². The normalized spacial score (nSPS) is 15.4. The Labute approximate surface area is 341 Å².